The number of hydrogen-bond donors (Lipinski definition) is 3. The molecule has 0 bridgehead atoms. The van der Waals surface area contributed by atoms with E-state index in [1.807, 2.05) is 0 Å². The molecule has 0 saturated heterocycles. The zero-order chi connectivity index (χ0) is 23.8. The van der Waals surface area contributed by atoms with E-state index in [0.717, 1.165) is 0 Å². The second-order valence-electron chi connectivity index (χ2n) is 7.32. The van der Waals surface area contributed by atoms with Gasteiger partial charge in [0.15, 0.2) is 0 Å². The van der Waals surface area contributed by atoms with E-state index in [-0.39, 0.29) is 25.1 Å². The van der Waals surface area contributed by atoms with Crippen LogP contribution in [0.2, 0.25) is 0 Å². The number of methoxy groups -OCH3 is 1. The molecule has 0 saturated carbocycles. The van der Waals surface area contributed by atoms with Crippen LogP contribution in [0.1, 0.15) is 21.5 Å². The highest BCUT2D eigenvalue weighted by molar-refractivity contribution is 6.06. The number of nitrogens with one attached hydrogen (secondary N) is 1. The molecule has 0 radical (unpaired) electrons. The van der Waals surface area contributed by atoms with Gasteiger partial charge < -0.3 is 25.6 Å². The fourth-order valence-electron chi connectivity index (χ4n) is 3.31. The number of hydrogen-bond acceptors (Lipinski definition) is 5. The maximum Gasteiger partial charge on any atom is 0.307 e. The highest BCUT2D eigenvalue weighted by Crippen LogP contribution is 2.29. The molecule has 0 aliphatic carbocycles. The van der Waals surface area contributed by atoms with Crippen LogP contribution in [-0.4, -0.2) is 37.3 Å². The Balaban J connectivity index is 1.98. The molecule has 3 aromatic carbocycles. The van der Waals surface area contributed by atoms with Crippen molar-refractivity contribution in [3.05, 3.63) is 83.2 Å². The van der Waals surface area contributed by atoms with Gasteiger partial charge in [-0.15, -0.1) is 0 Å². The third-order valence-electron chi connectivity index (χ3n) is 4.86. The summed E-state index contributed by atoms with van der Waals surface area (Å²) in [6, 6.07) is 16.0. The van der Waals surface area contributed by atoms with Crippen molar-refractivity contribution < 1.29 is 28.6 Å². The molecule has 0 unspecified atom stereocenters. The van der Waals surface area contributed by atoms with Crippen molar-refractivity contribution in [3.63, 3.8) is 0 Å². The number of rotatable bonds is 10. The van der Waals surface area contributed by atoms with Gasteiger partial charge in [0.25, 0.3) is 5.91 Å². The van der Waals surface area contributed by atoms with Crippen LogP contribution in [0.15, 0.2) is 60.7 Å². The molecule has 7 nitrogen and oxygen atoms in total. The summed E-state index contributed by atoms with van der Waals surface area (Å²) in [6.45, 7) is 0.785. The Bertz CT molecular complexity index is 1150. The first-order valence-corrected chi connectivity index (χ1v) is 10.3. The number of carboxylic acid groups (broad SMARTS) is 1. The highest BCUT2D eigenvalue weighted by atomic mass is 19.1. The first-order chi connectivity index (χ1) is 15.9. The van der Waals surface area contributed by atoms with Gasteiger partial charge >= 0.3 is 5.97 Å². The summed E-state index contributed by atoms with van der Waals surface area (Å²) < 4.78 is 24.8. The van der Waals surface area contributed by atoms with Crippen LogP contribution in [-0.2, 0) is 22.5 Å². The normalized spacial score (nSPS) is 10.6. The Morgan fingerprint density at radius 2 is 1.79 bits per heavy atom. The molecule has 172 valence electrons. The maximum absolute atomic E-state index is 14.1. The van der Waals surface area contributed by atoms with Gasteiger partial charge in [-0.1, -0.05) is 18.2 Å². The molecule has 33 heavy (non-hydrogen) atoms. The molecule has 1 amide bonds. The first kappa shape index (κ1) is 23.9. The summed E-state index contributed by atoms with van der Waals surface area (Å²) in [5.74, 6) is -1.49. The molecule has 0 spiro atoms. The predicted octanol–water partition coefficient (Wildman–Crippen LogP) is 3.86. The van der Waals surface area contributed by atoms with Crippen LogP contribution in [0.25, 0.3) is 11.1 Å². The van der Waals surface area contributed by atoms with Crippen LogP contribution in [0.5, 0.6) is 5.75 Å². The van der Waals surface area contributed by atoms with Crippen molar-refractivity contribution in [2.75, 3.05) is 25.6 Å². The summed E-state index contributed by atoms with van der Waals surface area (Å²) >= 11 is 0. The molecular formula is C25H25FN2O5. The van der Waals surface area contributed by atoms with E-state index in [1.54, 1.807) is 55.6 Å². The SMILES string of the molecule is COCCOc1cc(C(=O)Nc2ccccc2CC(=O)O)cc(-c2cc(F)cc(CN)c2)c1. The minimum Gasteiger partial charge on any atom is -0.491 e. The quantitative estimate of drug-likeness (QED) is 0.403. The molecular weight excluding hydrogens is 427 g/mol. The van der Waals surface area contributed by atoms with Gasteiger partial charge in [0.05, 0.1) is 13.0 Å². The summed E-state index contributed by atoms with van der Waals surface area (Å²) in [7, 11) is 1.55. The van der Waals surface area contributed by atoms with E-state index < -0.39 is 17.7 Å². The third kappa shape index (κ3) is 6.61. The smallest absolute Gasteiger partial charge is 0.307 e. The fourth-order valence-corrected chi connectivity index (χ4v) is 3.31. The number of carbonyl (C=O) groups is 2. The van der Waals surface area contributed by atoms with E-state index in [0.29, 0.717) is 40.3 Å². The number of nitrogens with two attached hydrogens (primary N) is 1. The van der Waals surface area contributed by atoms with Crippen molar-refractivity contribution in [3.8, 4) is 16.9 Å². The van der Waals surface area contributed by atoms with Crippen molar-refractivity contribution in [1.82, 2.24) is 0 Å². The molecule has 4 N–H and O–H groups in total. The van der Waals surface area contributed by atoms with Gasteiger partial charge in [0.2, 0.25) is 0 Å². The molecule has 0 aromatic heterocycles. The largest absolute Gasteiger partial charge is 0.491 e. The lowest BCUT2D eigenvalue weighted by atomic mass is 9.99. The van der Waals surface area contributed by atoms with Gasteiger partial charge in [0, 0.05) is 24.9 Å². The number of amides is 1. The molecule has 0 atom stereocenters. The van der Waals surface area contributed by atoms with Gasteiger partial charge in [-0.3, -0.25) is 9.59 Å². The summed E-state index contributed by atoms with van der Waals surface area (Å²) in [6.07, 6.45) is -0.229. The van der Waals surface area contributed by atoms with Crippen LogP contribution >= 0.6 is 0 Å². The Hall–Kier alpha value is -3.75. The van der Waals surface area contributed by atoms with E-state index in [2.05, 4.69) is 5.32 Å². The zero-order valence-corrected chi connectivity index (χ0v) is 18.1. The van der Waals surface area contributed by atoms with E-state index in [9.17, 15) is 14.0 Å². The average molecular weight is 452 g/mol. The highest BCUT2D eigenvalue weighted by Gasteiger charge is 2.15. The lowest BCUT2D eigenvalue weighted by Gasteiger charge is -2.14. The van der Waals surface area contributed by atoms with Crippen molar-refractivity contribution in [2.45, 2.75) is 13.0 Å². The average Bonchev–Trinajstić information content (AvgIpc) is 2.79. The number of aliphatic carboxylic acids is 1. The Labute approximate surface area is 190 Å². The first-order valence-electron chi connectivity index (χ1n) is 10.3. The number of carboxylic acids is 1. The molecule has 0 aliphatic rings. The number of halogens is 1. The monoisotopic (exact) mass is 452 g/mol. The van der Waals surface area contributed by atoms with Crippen LogP contribution < -0.4 is 15.8 Å². The molecule has 3 aromatic rings. The summed E-state index contributed by atoms with van der Waals surface area (Å²) in [5, 5.41) is 11.9. The molecule has 8 heteroatoms. The lowest BCUT2D eigenvalue weighted by molar-refractivity contribution is -0.136. The maximum atomic E-state index is 14.1. The van der Waals surface area contributed by atoms with E-state index >= 15 is 0 Å². The van der Waals surface area contributed by atoms with Crippen molar-refractivity contribution in [1.29, 1.82) is 0 Å². The van der Waals surface area contributed by atoms with Gasteiger partial charge in [-0.2, -0.15) is 0 Å². The second kappa shape index (κ2) is 11.2. The zero-order valence-electron chi connectivity index (χ0n) is 18.1. The second-order valence-corrected chi connectivity index (χ2v) is 7.32. The number of carbonyl (C=O) groups excluding carboxylic acids is 1. The van der Waals surface area contributed by atoms with Crippen LogP contribution in [0, 0.1) is 5.82 Å². The van der Waals surface area contributed by atoms with Gasteiger partial charge in [-0.25, -0.2) is 4.39 Å². The standard InChI is InChI=1S/C25H25FN2O5/c1-32-6-7-33-22-12-19(18-8-16(15-27)9-21(26)11-18)10-20(13-22)25(31)28-23-5-3-2-4-17(23)14-24(29)30/h2-5,8-13H,6-7,14-15,27H2,1H3,(H,28,31)(H,29,30). The van der Waals surface area contributed by atoms with Gasteiger partial charge in [-0.05, 0) is 64.7 Å². The van der Waals surface area contributed by atoms with Gasteiger partial charge in [0.1, 0.15) is 18.2 Å². The third-order valence-corrected chi connectivity index (χ3v) is 4.86. The van der Waals surface area contributed by atoms with Crippen LogP contribution in [0.3, 0.4) is 0 Å². The minimum atomic E-state index is -1.01. The number of ether oxygens (including phenoxy) is 2. The molecule has 3 rings (SSSR count). The van der Waals surface area contributed by atoms with E-state index in [1.165, 1.54) is 12.1 Å². The van der Waals surface area contributed by atoms with E-state index in [4.69, 9.17) is 20.3 Å². The number of benzene rings is 3. The van der Waals surface area contributed by atoms with Crippen molar-refractivity contribution in [2.24, 2.45) is 5.73 Å². The molecule has 0 heterocycles. The van der Waals surface area contributed by atoms with Crippen molar-refractivity contribution >= 4 is 17.6 Å². The molecule has 0 fully saturated rings. The number of anilines is 1. The Morgan fingerprint density at radius 1 is 1.03 bits per heavy atom. The Morgan fingerprint density at radius 3 is 2.52 bits per heavy atom. The minimum absolute atomic E-state index is 0.169. The van der Waals surface area contributed by atoms with Crippen LogP contribution in [0.4, 0.5) is 10.1 Å². The topological polar surface area (TPSA) is 111 Å². The Kier molecular flexibility index (Phi) is 8.12. The predicted molar refractivity (Wildman–Crippen MR) is 123 cm³/mol. The summed E-state index contributed by atoms with van der Waals surface area (Å²) in [4.78, 5) is 24.2. The number of para-hydroxylation sites is 1. The fraction of sp³-hybridized carbons (Fsp3) is 0.200. The molecule has 0 aliphatic heterocycles. The lowest BCUT2D eigenvalue weighted by Crippen LogP contribution is -2.15. The summed E-state index contributed by atoms with van der Waals surface area (Å²) in [5.41, 5.74) is 8.55.